The molecule has 5 atom stereocenters. The molecule has 0 N–H and O–H groups in total. The maximum absolute atomic E-state index is 14.4. The van der Waals surface area contributed by atoms with Gasteiger partial charge >= 0.3 is 12.1 Å². The van der Waals surface area contributed by atoms with Crippen molar-refractivity contribution >= 4 is 45.8 Å². The number of cyclic esters (lactones) is 1. The summed E-state index contributed by atoms with van der Waals surface area (Å²) < 4.78 is 62.3. The average molecular weight is 786 g/mol. The van der Waals surface area contributed by atoms with Crippen LogP contribution in [0, 0.1) is 23.2 Å². The molecule has 0 aliphatic carbocycles. The molecule has 0 saturated carbocycles. The molecule has 12 heteroatoms. The number of hydrogen-bond acceptors (Lipinski definition) is 7. The van der Waals surface area contributed by atoms with E-state index in [9.17, 15) is 22.8 Å². The highest BCUT2D eigenvalue weighted by Crippen LogP contribution is 2.42. The number of alkyl halides is 3. The first-order valence-electron chi connectivity index (χ1n) is 18.5. The summed E-state index contributed by atoms with van der Waals surface area (Å²) in [5.41, 5.74) is -0.432. The van der Waals surface area contributed by atoms with E-state index in [2.05, 4.69) is 67.7 Å². The third kappa shape index (κ3) is 12.3. The molecular weight excluding hydrogens is 720 g/mol. The van der Waals surface area contributed by atoms with Crippen LogP contribution in [-0.2, 0) is 29.8 Å². The van der Waals surface area contributed by atoms with Gasteiger partial charge in [-0.15, -0.1) is 11.3 Å². The van der Waals surface area contributed by atoms with Crippen LogP contribution in [0.1, 0.15) is 113 Å². The molecule has 1 aromatic heterocycles. The van der Waals surface area contributed by atoms with E-state index in [0.29, 0.717) is 17.9 Å². The number of allylic oxidation sites excluding steroid dienone is 2. The summed E-state index contributed by atoms with van der Waals surface area (Å²) >= 11 is 1.45. The summed E-state index contributed by atoms with van der Waals surface area (Å²) in [4.78, 5) is 32.5. The minimum atomic E-state index is -4.59. The highest BCUT2D eigenvalue weighted by Gasteiger charge is 2.46. The fourth-order valence-corrected chi connectivity index (χ4v) is 8.68. The topological polar surface area (TPSA) is 74.7 Å². The lowest BCUT2D eigenvalue weighted by atomic mass is 9.69. The van der Waals surface area contributed by atoms with Crippen LogP contribution in [0.5, 0.6) is 0 Å². The van der Waals surface area contributed by atoms with Crippen molar-refractivity contribution in [2.75, 3.05) is 0 Å². The van der Waals surface area contributed by atoms with Crippen LogP contribution in [0.3, 0.4) is 0 Å². The van der Waals surface area contributed by atoms with Gasteiger partial charge in [0.2, 0.25) is 0 Å². The number of halogens is 3. The molecule has 2 rings (SSSR count). The molecule has 1 unspecified atom stereocenters. The smallest absolute Gasteiger partial charge is 0.412 e. The van der Waals surface area contributed by atoms with Gasteiger partial charge in [-0.1, -0.05) is 94.4 Å². The van der Waals surface area contributed by atoms with E-state index in [4.69, 9.17) is 18.6 Å². The molecule has 2 heterocycles. The predicted octanol–water partition coefficient (Wildman–Crippen LogP) is 12.1. The van der Waals surface area contributed by atoms with E-state index in [1.807, 2.05) is 40.0 Å². The molecule has 0 fully saturated rings. The summed E-state index contributed by atoms with van der Waals surface area (Å²) in [6.07, 6.45) is -0.515. The number of nitrogens with zero attached hydrogens (tertiary/aromatic N) is 1. The second-order valence-electron chi connectivity index (χ2n) is 18.4. The number of ketones is 1. The monoisotopic (exact) mass is 785 g/mol. The minimum absolute atomic E-state index is 0.0498. The van der Waals surface area contributed by atoms with Gasteiger partial charge in [-0.25, -0.2) is 4.98 Å². The Morgan fingerprint density at radius 2 is 1.60 bits per heavy atom. The number of aromatic nitrogens is 1. The van der Waals surface area contributed by atoms with Gasteiger partial charge in [-0.05, 0) is 73.1 Å². The van der Waals surface area contributed by atoms with Gasteiger partial charge in [0.25, 0.3) is 0 Å². The second kappa shape index (κ2) is 17.3. The van der Waals surface area contributed by atoms with Crippen LogP contribution in [-0.4, -0.2) is 51.8 Å². The number of hydrogen-bond donors (Lipinski definition) is 0. The van der Waals surface area contributed by atoms with Crippen molar-refractivity contribution in [3.8, 4) is 0 Å². The molecule has 296 valence electrons. The number of thiazole rings is 1. The Morgan fingerprint density at radius 3 is 2.13 bits per heavy atom. The third-order valence-corrected chi connectivity index (χ3v) is 21.6. The zero-order valence-electron chi connectivity index (χ0n) is 34.6. The van der Waals surface area contributed by atoms with Crippen LogP contribution >= 0.6 is 11.3 Å². The molecule has 0 aromatic carbocycles. The number of ether oxygens (including phenoxy) is 1. The van der Waals surface area contributed by atoms with Gasteiger partial charge in [-0.3, -0.25) is 9.59 Å². The van der Waals surface area contributed by atoms with Gasteiger partial charge in [0.15, 0.2) is 16.6 Å². The molecule has 0 amide bonds. The lowest BCUT2D eigenvalue weighted by Gasteiger charge is -2.43. The maximum Gasteiger partial charge on any atom is 0.412 e. The summed E-state index contributed by atoms with van der Waals surface area (Å²) in [5, 5.41) is 2.57. The van der Waals surface area contributed by atoms with E-state index in [1.54, 1.807) is 19.1 Å². The van der Waals surface area contributed by atoms with Crippen LogP contribution in [0.15, 0.2) is 34.8 Å². The Bertz CT molecular complexity index is 1480. The third-order valence-electron chi connectivity index (χ3n) is 11.8. The van der Waals surface area contributed by atoms with Crippen LogP contribution in [0.2, 0.25) is 36.3 Å². The van der Waals surface area contributed by atoms with E-state index < -0.39 is 63.8 Å². The fourth-order valence-electron chi connectivity index (χ4n) is 5.53. The van der Waals surface area contributed by atoms with E-state index in [-0.39, 0.29) is 41.0 Å². The van der Waals surface area contributed by atoms with E-state index in [1.165, 1.54) is 17.4 Å². The van der Waals surface area contributed by atoms with Gasteiger partial charge < -0.3 is 13.6 Å². The standard InChI is InChI=1S/C40H66F3NO5SSi2/c1-26-18-17-19-30(40(41,42)43)20-21-32(27(2)22-31-25-50-33(44-31)24-47-51(13,14)37(5,6)7)48-34(45)23-28(3)39(11,12)36(46)29(4)35(26)49-52(15,16)38(8,9)10/h17-18,20,22,25-26,28-29,32,35H,19,21,23-24H2,1-16H3/b18-17+,27-22+,30-20+/t26-,28-,29+,32?,35-/m0/s1. The highest BCUT2D eigenvalue weighted by atomic mass is 32.1. The molecule has 6 nitrogen and oxygen atoms in total. The first-order chi connectivity index (χ1) is 23.4. The summed E-state index contributed by atoms with van der Waals surface area (Å²) in [5.74, 6) is -1.93. The Hall–Kier alpha value is -1.87. The first kappa shape index (κ1) is 46.3. The highest BCUT2D eigenvalue weighted by molar-refractivity contribution is 7.09. The number of esters is 1. The second-order valence-corrected chi connectivity index (χ2v) is 28.9. The number of carbonyl (C=O) groups is 2. The first-order valence-corrected chi connectivity index (χ1v) is 25.2. The van der Waals surface area contributed by atoms with Gasteiger partial charge in [0, 0.05) is 35.1 Å². The van der Waals surface area contributed by atoms with Crippen molar-refractivity contribution in [1.29, 1.82) is 0 Å². The predicted molar refractivity (Wildman–Crippen MR) is 213 cm³/mol. The zero-order chi connectivity index (χ0) is 40.3. The van der Waals surface area contributed by atoms with Crippen LogP contribution < -0.4 is 0 Å². The van der Waals surface area contributed by atoms with Gasteiger partial charge in [0.05, 0.1) is 18.4 Å². The van der Waals surface area contributed by atoms with Crippen molar-refractivity contribution in [3.05, 3.63) is 45.5 Å². The lowest BCUT2D eigenvalue weighted by molar-refractivity contribution is -0.150. The minimum Gasteiger partial charge on any atom is -0.457 e. The largest absolute Gasteiger partial charge is 0.457 e. The molecule has 1 aliphatic rings. The Morgan fingerprint density at radius 1 is 1.02 bits per heavy atom. The van der Waals surface area contributed by atoms with Crippen molar-refractivity contribution in [2.45, 2.75) is 164 Å². The number of carbonyl (C=O) groups excluding carboxylic acids is 2. The molecule has 0 radical (unpaired) electrons. The average Bonchev–Trinajstić information content (AvgIpc) is 3.43. The SMILES string of the molecule is C/C(=C\c1csc(CO[Si](C)(C)C(C)(C)C)n1)C1C/C=C(/C(F)(F)F)C/C=C/[C@H](C)[C@H](O[Si](C)(C)C(C)(C)C)[C@@H](C)C(=O)C(C)(C)[C@@H](C)CC(=O)O1. The molecule has 0 spiro atoms. The van der Waals surface area contributed by atoms with Crippen molar-refractivity contribution in [3.63, 3.8) is 0 Å². The molecular formula is C40H66F3NO5SSi2. The van der Waals surface area contributed by atoms with Crippen LogP contribution in [0.4, 0.5) is 13.2 Å². The summed E-state index contributed by atoms with van der Waals surface area (Å²) in [7, 11) is -4.37. The van der Waals surface area contributed by atoms with Gasteiger partial charge in [-0.2, -0.15) is 13.2 Å². The molecule has 0 bridgehead atoms. The lowest BCUT2D eigenvalue weighted by Crippen LogP contribution is -2.50. The van der Waals surface area contributed by atoms with Crippen molar-refractivity contribution in [1.82, 2.24) is 4.98 Å². The Kier molecular flexibility index (Phi) is 15.4. The fraction of sp³-hybridized carbons (Fsp3) is 0.725. The maximum atomic E-state index is 14.4. The molecule has 1 aromatic rings. The quantitative estimate of drug-likeness (QED) is 0.156. The number of rotatable bonds is 7. The van der Waals surface area contributed by atoms with Crippen LogP contribution in [0.25, 0.3) is 6.08 Å². The molecule has 0 saturated heterocycles. The normalized spacial score (nSPS) is 27.2. The summed E-state index contributed by atoms with van der Waals surface area (Å²) in [6.45, 7) is 32.9. The van der Waals surface area contributed by atoms with E-state index >= 15 is 0 Å². The Labute approximate surface area is 318 Å². The zero-order valence-corrected chi connectivity index (χ0v) is 37.4. The number of Topliss-reactive ketones (excluding diaryl/α,β-unsaturated/α-hetero) is 1. The van der Waals surface area contributed by atoms with E-state index in [0.717, 1.165) is 11.1 Å². The summed E-state index contributed by atoms with van der Waals surface area (Å²) in [6, 6.07) is 0. The Balaban J connectivity index is 2.55. The molecule has 52 heavy (non-hydrogen) atoms. The molecule has 1 aliphatic heterocycles. The van der Waals surface area contributed by atoms with Crippen molar-refractivity contribution < 1.29 is 36.3 Å². The van der Waals surface area contributed by atoms with Crippen molar-refractivity contribution in [2.24, 2.45) is 23.2 Å². The van der Waals surface area contributed by atoms with Gasteiger partial charge in [0.1, 0.15) is 16.9 Å².